The fourth-order valence-electron chi connectivity index (χ4n) is 2.97. The van der Waals surface area contributed by atoms with E-state index in [1.165, 1.54) is 11.0 Å². The third-order valence-electron chi connectivity index (χ3n) is 4.18. The van der Waals surface area contributed by atoms with Crippen LogP contribution in [-0.4, -0.2) is 42.7 Å². The fourth-order valence-corrected chi connectivity index (χ4v) is 4.62. The van der Waals surface area contributed by atoms with E-state index in [2.05, 4.69) is 5.32 Å². The second kappa shape index (κ2) is 7.26. The number of hydrogen-bond acceptors (Lipinski definition) is 5. The predicted molar refractivity (Wildman–Crippen MR) is 103 cm³/mol. The first kappa shape index (κ1) is 18.7. The highest BCUT2D eigenvalue weighted by atomic mass is 32.2. The first-order valence-electron chi connectivity index (χ1n) is 8.36. The summed E-state index contributed by atoms with van der Waals surface area (Å²) in [5, 5.41) is 2.62. The van der Waals surface area contributed by atoms with Crippen molar-refractivity contribution >= 4 is 33.6 Å². The van der Waals surface area contributed by atoms with Crippen molar-refractivity contribution in [2.45, 2.75) is 12.7 Å². The van der Waals surface area contributed by atoms with Crippen molar-refractivity contribution in [2.75, 3.05) is 13.6 Å². The smallest absolute Gasteiger partial charge is 0.269 e. The third kappa shape index (κ3) is 3.45. The Morgan fingerprint density at radius 1 is 1.22 bits per heavy atom. The summed E-state index contributed by atoms with van der Waals surface area (Å²) in [5.41, 5.74) is 1.22. The summed E-state index contributed by atoms with van der Waals surface area (Å²) in [5.74, 6) is 0.967. The number of nitrogens with zero attached hydrogens (tertiary/aromatic N) is 2. The highest BCUT2D eigenvalue weighted by molar-refractivity contribution is 7.89. The molecule has 0 bridgehead atoms. The molecule has 1 aromatic carbocycles. The number of hydrogen-bond donors (Lipinski definition) is 1. The topological polar surface area (TPSA) is 88.5 Å². The number of nitrogens with one attached hydrogen (secondary N) is 1. The van der Waals surface area contributed by atoms with Crippen LogP contribution in [0.15, 0.2) is 42.6 Å². The molecule has 0 fully saturated rings. The molecule has 3 rings (SSSR count). The van der Waals surface area contributed by atoms with Crippen molar-refractivity contribution in [3.8, 4) is 0 Å². The average Bonchev–Trinajstić information content (AvgIpc) is 3.03. The number of amides is 1. The van der Waals surface area contributed by atoms with E-state index in [9.17, 15) is 18.0 Å². The minimum Gasteiger partial charge on any atom is -0.351 e. The van der Waals surface area contributed by atoms with E-state index in [-0.39, 0.29) is 22.8 Å². The molecule has 0 atom stereocenters. The molecule has 0 spiro atoms. The summed E-state index contributed by atoms with van der Waals surface area (Å²) in [6, 6.07) is 10.1. The van der Waals surface area contributed by atoms with Gasteiger partial charge in [-0.15, -0.1) is 0 Å². The first-order valence-corrected chi connectivity index (χ1v) is 9.97. The molecule has 27 heavy (non-hydrogen) atoms. The molecule has 1 aliphatic heterocycles. The van der Waals surface area contributed by atoms with Gasteiger partial charge in [0.2, 0.25) is 10.0 Å². The number of rotatable bonds is 5. The number of aromatic nitrogens is 1. The van der Waals surface area contributed by atoms with Gasteiger partial charge >= 0.3 is 0 Å². The molecule has 0 aliphatic carbocycles. The normalized spacial score (nSPS) is 13.3. The molecule has 0 radical (unpaired) electrons. The minimum absolute atomic E-state index is 0.0366. The van der Waals surface area contributed by atoms with E-state index < -0.39 is 15.9 Å². The van der Waals surface area contributed by atoms with E-state index in [0.717, 1.165) is 3.97 Å². The summed E-state index contributed by atoms with van der Waals surface area (Å²) in [6.07, 6.45) is 3.28. The Morgan fingerprint density at radius 3 is 2.56 bits per heavy atom. The zero-order valence-corrected chi connectivity index (χ0v) is 15.8. The zero-order valence-electron chi connectivity index (χ0n) is 15.0. The van der Waals surface area contributed by atoms with Gasteiger partial charge in [-0.3, -0.25) is 4.79 Å². The van der Waals surface area contributed by atoms with Crippen LogP contribution < -0.4 is 5.32 Å². The molecule has 140 valence electrons. The molecule has 0 unspecified atom stereocenters. The molecule has 8 heteroatoms. The standard InChI is InChI=1S/C19H19N3O4S/c1-3-20-19(24)16-11-15-9-10-21(2)17(12-23)18(15)22(16)27(25,26)13-14-7-5-4-6-8-14/h4-11H,3,13H2,1-2H3,(H,20,24). The molecular formula is C19H19N3O4S. The molecule has 1 amide bonds. The number of carbonyl (C=O) groups excluding carboxylic acids is 2. The summed E-state index contributed by atoms with van der Waals surface area (Å²) in [6.45, 7) is 2.09. The lowest BCUT2D eigenvalue weighted by atomic mass is 10.1. The SMILES string of the molecule is CCNC(=O)c1cc2c(n1S(=O)(=O)Cc1ccccc1)C(=C=O)N(C)C=C2. The average molecular weight is 385 g/mol. The van der Waals surface area contributed by atoms with Crippen molar-refractivity contribution in [3.05, 3.63) is 65.1 Å². The molecule has 2 aromatic rings. The second-order valence-electron chi connectivity index (χ2n) is 6.08. The van der Waals surface area contributed by atoms with Crippen LogP contribution in [0.4, 0.5) is 0 Å². The lowest BCUT2D eigenvalue weighted by Crippen LogP contribution is -2.30. The van der Waals surface area contributed by atoms with Gasteiger partial charge < -0.3 is 10.2 Å². The van der Waals surface area contributed by atoms with Gasteiger partial charge in [-0.1, -0.05) is 30.3 Å². The molecule has 1 N–H and O–H groups in total. The highest BCUT2D eigenvalue weighted by Crippen LogP contribution is 2.32. The Balaban J connectivity index is 2.23. The van der Waals surface area contributed by atoms with Crippen LogP contribution in [0.3, 0.4) is 0 Å². The van der Waals surface area contributed by atoms with E-state index in [4.69, 9.17) is 0 Å². The Morgan fingerprint density at radius 2 is 1.93 bits per heavy atom. The van der Waals surface area contributed by atoms with Crippen LogP contribution in [0, 0.1) is 0 Å². The maximum Gasteiger partial charge on any atom is 0.269 e. The largest absolute Gasteiger partial charge is 0.351 e. The molecule has 1 aromatic heterocycles. The monoisotopic (exact) mass is 385 g/mol. The van der Waals surface area contributed by atoms with E-state index >= 15 is 0 Å². The highest BCUT2D eigenvalue weighted by Gasteiger charge is 2.32. The summed E-state index contributed by atoms with van der Waals surface area (Å²) in [4.78, 5) is 25.5. The van der Waals surface area contributed by atoms with Gasteiger partial charge in [-0.05, 0) is 24.6 Å². The van der Waals surface area contributed by atoms with Gasteiger partial charge in [0.25, 0.3) is 5.91 Å². The van der Waals surface area contributed by atoms with E-state index in [0.29, 0.717) is 17.7 Å². The van der Waals surface area contributed by atoms with E-state index in [1.54, 1.807) is 62.5 Å². The number of benzene rings is 1. The van der Waals surface area contributed by atoms with Gasteiger partial charge in [0.05, 0.1) is 11.4 Å². The summed E-state index contributed by atoms with van der Waals surface area (Å²) in [7, 11) is -2.36. The third-order valence-corrected chi connectivity index (χ3v) is 5.81. The molecule has 0 saturated carbocycles. The molecular weight excluding hydrogens is 366 g/mol. The maximum absolute atomic E-state index is 13.2. The van der Waals surface area contributed by atoms with Crippen LogP contribution in [0.5, 0.6) is 0 Å². The van der Waals surface area contributed by atoms with Crippen LogP contribution in [0.1, 0.15) is 34.2 Å². The quantitative estimate of drug-likeness (QED) is 0.792. The Bertz CT molecular complexity index is 1060. The van der Waals surface area contributed by atoms with Gasteiger partial charge in [-0.25, -0.2) is 17.2 Å². The van der Waals surface area contributed by atoms with Gasteiger partial charge in [0.1, 0.15) is 5.69 Å². The lowest BCUT2D eigenvalue weighted by Gasteiger charge is -2.22. The van der Waals surface area contributed by atoms with Crippen molar-refractivity contribution in [1.29, 1.82) is 0 Å². The lowest BCUT2D eigenvalue weighted by molar-refractivity contribution is 0.0949. The molecule has 1 aliphatic rings. The van der Waals surface area contributed by atoms with Crippen LogP contribution in [-0.2, 0) is 20.6 Å². The van der Waals surface area contributed by atoms with E-state index in [1.807, 2.05) is 0 Å². The van der Waals surface area contributed by atoms with Crippen molar-refractivity contribution in [2.24, 2.45) is 0 Å². The summed E-state index contributed by atoms with van der Waals surface area (Å²) >= 11 is 0. The Kier molecular flexibility index (Phi) is 5.03. The van der Waals surface area contributed by atoms with Crippen LogP contribution in [0.2, 0.25) is 0 Å². The minimum atomic E-state index is -3.98. The molecule has 2 heterocycles. The first-order chi connectivity index (χ1) is 12.9. The zero-order chi connectivity index (χ0) is 19.6. The van der Waals surface area contributed by atoms with Crippen molar-refractivity contribution < 1.29 is 18.0 Å². The van der Waals surface area contributed by atoms with Gasteiger partial charge in [0.15, 0.2) is 11.6 Å². The Hall–Kier alpha value is -3.09. The number of fused-ring (bicyclic) bond motifs is 1. The van der Waals surface area contributed by atoms with Crippen molar-refractivity contribution in [3.63, 3.8) is 0 Å². The molecule has 0 saturated heterocycles. The van der Waals surface area contributed by atoms with Crippen molar-refractivity contribution in [1.82, 2.24) is 14.2 Å². The maximum atomic E-state index is 13.2. The van der Waals surface area contributed by atoms with Gasteiger partial charge in [0, 0.05) is 25.4 Å². The number of carbonyl (C=O) groups is 1. The predicted octanol–water partition coefficient (Wildman–Crippen LogP) is 1.70. The second-order valence-corrected chi connectivity index (χ2v) is 7.89. The van der Waals surface area contributed by atoms with Gasteiger partial charge in [-0.2, -0.15) is 0 Å². The fraction of sp³-hybridized carbons (Fsp3) is 0.211. The summed E-state index contributed by atoms with van der Waals surface area (Å²) < 4.78 is 27.4. The molecule has 7 nitrogen and oxygen atoms in total. The Labute approximate surface area is 157 Å². The van der Waals surface area contributed by atoms with Crippen LogP contribution >= 0.6 is 0 Å². The van der Waals surface area contributed by atoms with Crippen LogP contribution in [0.25, 0.3) is 11.8 Å².